The number of ether oxygens (including phenoxy) is 4. The van der Waals surface area contributed by atoms with E-state index < -0.39 is 67.8 Å². The standard InChI is InChI=1S/C78H94N11O20PS/c1-47-54(52-18-20-60(83-65(52)71(98)99)87-30-24-50-12-8-13-53(55(50)42-87)70(97)84-74-82-56-14-5-6-15-59(56)111-74)41-80-89(47)46-77-39-49-38-76(2,43-77)44-78(40-49,45-77)107-35-33-85(28-10-36-110(103,104)105)51-25-31-86(32-26-51)75(102)106-34-9-11-48-17-19-58(108-73-68(96)66(94)67(95)69(109-73)72(100)101)57(37-48)81-62(91)23-27-79-61(90)16-4-3-7-29-88-63(92)21-22-64(88)93/h5-6,8-9,11-15,17-22,37,41,49,51,66-69,73,94-96H,3-4,7,10,16,23-36,38-40,42-46H2,1-2H3,(H,79,90)(H,81,91)(H,98,99)(H,100,101)(H,82,84,97)(H2,103,104,105)/b11-9+/t49?,66-,67-,68+,69-,73+,76?,77?,78?/m0/s1. The lowest BCUT2D eigenvalue weighted by atomic mass is 9.43. The molecule has 31 nitrogen and oxygen atoms in total. The Labute approximate surface area is 644 Å². The summed E-state index contributed by atoms with van der Waals surface area (Å²) in [6.45, 7) is 7.83. The lowest BCUT2D eigenvalue weighted by Gasteiger charge is -2.65. The number of fused-ring (bicyclic) bond motifs is 2. The van der Waals surface area contributed by atoms with Gasteiger partial charge in [-0.1, -0.05) is 61.1 Å². The fourth-order valence-corrected chi connectivity index (χ4v) is 19.3. The Morgan fingerprint density at radius 3 is 2.37 bits per heavy atom. The van der Waals surface area contributed by atoms with Gasteiger partial charge in [0.2, 0.25) is 18.1 Å². The predicted octanol–water partition coefficient (Wildman–Crippen LogP) is 7.51. The normalized spacial score (nSPS) is 24.4. The number of anilines is 3. The molecule has 0 radical (unpaired) electrons. The first kappa shape index (κ1) is 79.7. The molecule has 3 aromatic heterocycles. The van der Waals surface area contributed by atoms with Crippen molar-refractivity contribution in [2.75, 3.05) is 80.7 Å². The maximum Gasteiger partial charge on any atom is 0.410 e. The van der Waals surface area contributed by atoms with Gasteiger partial charge >= 0.3 is 25.6 Å². The van der Waals surface area contributed by atoms with Crippen molar-refractivity contribution in [3.05, 3.63) is 131 Å². The van der Waals surface area contributed by atoms with Crippen LogP contribution in [0.2, 0.25) is 0 Å². The molecule has 9 atom stereocenters. The van der Waals surface area contributed by atoms with Crippen LogP contribution in [-0.4, -0.2) is 225 Å². The van der Waals surface area contributed by atoms with Crippen molar-refractivity contribution in [2.24, 2.45) is 16.7 Å². The first-order valence-electron chi connectivity index (χ1n) is 37.7. The number of benzene rings is 3. The van der Waals surface area contributed by atoms with Crippen LogP contribution in [0.1, 0.15) is 140 Å². The van der Waals surface area contributed by atoms with Gasteiger partial charge in [-0.2, -0.15) is 5.10 Å². The summed E-state index contributed by atoms with van der Waals surface area (Å²) in [4.78, 5) is 138. The van der Waals surface area contributed by atoms with Crippen LogP contribution < -0.4 is 25.6 Å². The topological polar surface area (TPSA) is 425 Å². The van der Waals surface area contributed by atoms with Crippen molar-refractivity contribution < 1.29 is 97.2 Å². The van der Waals surface area contributed by atoms with Gasteiger partial charge in [0.05, 0.1) is 40.5 Å². The number of aromatic nitrogens is 4. The van der Waals surface area contributed by atoms with Gasteiger partial charge in [0, 0.05) is 106 Å². The number of nitrogens with zero attached hydrogens (tertiary/aromatic N) is 8. The zero-order chi connectivity index (χ0) is 78.5. The summed E-state index contributed by atoms with van der Waals surface area (Å²) in [6, 6.07) is 21.4. The predicted molar refractivity (Wildman–Crippen MR) is 406 cm³/mol. The van der Waals surface area contributed by atoms with Gasteiger partial charge in [-0.15, -0.1) is 0 Å². The fourth-order valence-electron chi connectivity index (χ4n) is 17.9. The van der Waals surface area contributed by atoms with Gasteiger partial charge in [-0.05, 0) is 172 Å². The van der Waals surface area contributed by atoms with Gasteiger partial charge in [-0.25, -0.2) is 24.4 Å². The lowest BCUT2D eigenvalue weighted by Crippen LogP contribution is -2.61. The number of hydrogen-bond acceptors (Lipinski definition) is 22. The number of carbonyl (C=O) groups excluding carboxylic acids is 6. The van der Waals surface area contributed by atoms with E-state index in [-0.39, 0.29) is 103 Å². The van der Waals surface area contributed by atoms with Crippen LogP contribution >= 0.6 is 18.9 Å². The molecule has 6 fully saturated rings. The minimum Gasteiger partial charge on any atom is -0.479 e. The Morgan fingerprint density at radius 1 is 0.820 bits per heavy atom. The molecule has 8 aliphatic rings. The Kier molecular flexibility index (Phi) is 24.4. The monoisotopic (exact) mass is 1570 g/mol. The smallest absolute Gasteiger partial charge is 0.410 e. The molecular formula is C78H94N11O20PS. The van der Waals surface area contributed by atoms with E-state index in [0.717, 1.165) is 70.5 Å². The van der Waals surface area contributed by atoms with Gasteiger partial charge in [-0.3, -0.25) is 48.3 Å². The van der Waals surface area contributed by atoms with Crippen LogP contribution in [0.4, 0.5) is 21.4 Å². The quantitative estimate of drug-likeness (QED) is 0.0111. The molecule has 2 saturated heterocycles. The Balaban J connectivity index is 0.605. The third kappa shape index (κ3) is 18.9. The number of carbonyl (C=O) groups is 8. The number of amides is 6. The minimum atomic E-state index is -4.30. The summed E-state index contributed by atoms with van der Waals surface area (Å²) in [7, 11) is -4.30. The number of likely N-dealkylation sites (tertiary alicyclic amines) is 1. The van der Waals surface area contributed by atoms with E-state index in [4.69, 9.17) is 29.0 Å². The maximum absolute atomic E-state index is 13.8. The lowest BCUT2D eigenvalue weighted by molar-refractivity contribution is -0.271. The van der Waals surface area contributed by atoms with Gasteiger partial charge in [0.15, 0.2) is 16.9 Å². The van der Waals surface area contributed by atoms with E-state index in [9.17, 15) is 78.2 Å². The number of pyridine rings is 1. The molecule has 4 unspecified atom stereocenters. The second kappa shape index (κ2) is 33.9. The summed E-state index contributed by atoms with van der Waals surface area (Å²) in [5.74, 6) is -3.98. The number of rotatable bonds is 32. The van der Waals surface area contributed by atoms with Crippen molar-refractivity contribution in [2.45, 2.75) is 166 Å². The Morgan fingerprint density at radius 2 is 1.61 bits per heavy atom. The largest absolute Gasteiger partial charge is 0.479 e. The molecule has 3 aromatic carbocycles. The number of nitrogens with one attached hydrogen (secondary N) is 3. The highest BCUT2D eigenvalue weighted by molar-refractivity contribution is 7.51. The molecule has 4 aliphatic carbocycles. The summed E-state index contributed by atoms with van der Waals surface area (Å²) in [6.07, 6.45) is 5.93. The summed E-state index contributed by atoms with van der Waals surface area (Å²) >= 11 is 1.40. The van der Waals surface area contributed by atoms with Crippen LogP contribution in [0.15, 0.2) is 97.2 Å². The van der Waals surface area contributed by atoms with Crippen molar-refractivity contribution in [3.63, 3.8) is 0 Å². The number of aliphatic carboxylic acids is 1. The molecule has 7 heterocycles. The van der Waals surface area contributed by atoms with E-state index in [1.165, 1.54) is 35.6 Å². The molecule has 14 rings (SSSR count). The number of carboxylic acids is 2. The zero-order valence-corrected chi connectivity index (χ0v) is 63.5. The van der Waals surface area contributed by atoms with E-state index in [2.05, 4.69) is 32.8 Å². The summed E-state index contributed by atoms with van der Waals surface area (Å²) in [5, 5.41) is 65.7. The van der Waals surface area contributed by atoms with Gasteiger partial charge < -0.3 is 74.7 Å². The number of thiazole rings is 1. The Hall–Kier alpha value is -9.34. The molecule has 111 heavy (non-hydrogen) atoms. The highest BCUT2D eigenvalue weighted by atomic mass is 32.1. The molecule has 6 aromatic rings. The second-order valence-electron chi connectivity index (χ2n) is 30.8. The number of aromatic carboxylic acids is 1. The number of hydrogen-bond donors (Lipinski definition) is 10. The Bertz CT molecular complexity index is 4580. The van der Waals surface area contributed by atoms with Crippen LogP contribution in [0.5, 0.6) is 5.75 Å². The zero-order valence-electron chi connectivity index (χ0n) is 61.8. The summed E-state index contributed by atoms with van der Waals surface area (Å²) < 4.78 is 39.2. The maximum atomic E-state index is 13.8. The number of piperidine rings is 1. The van der Waals surface area contributed by atoms with Crippen LogP contribution in [-0.2, 0) is 62.3 Å². The third-order valence-corrected chi connectivity index (χ3v) is 24.3. The number of aliphatic hydroxyl groups is 3. The number of para-hydroxylation sites is 1. The van der Waals surface area contributed by atoms with E-state index in [1.54, 1.807) is 35.4 Å². The SMILES string of the molecule is Cc1c(-c2ccc(N3CCc4cccc(C(=O)Nc5nc6ccccc6s5)c4C3)nc2C(=O)O)cnn1CC12CC3CC(C)(C1)CC(OCCN(CCCP(=O)(O)O)C1CCN(C(=O)OC/C=C/c4ccc(O[C@@H]5O[C@H](C(=O)O)[C@@H](O)[C@H](O)[C@H]5O)c(NC(=O)CCNC(=O)CCCCCN5C(=O)C=CC5=O)c4)CC1)(C3)C2. The summed E-state index contributed by atoms with van der Waals surface area (Å²) in [5.41, 5.74) is 4.94. The van der Waals surface area contributed by atoms with E-state index >= 15 is 0 Å². The van der Waals surface area contributed by atoms with Crippen LogP contribution in [0.3, 0.4) is 0 Å². The fraction of sp³-hybridized carbons (Fsp3) is 0.500. The third-order valence-electron chi connectivity index (χ3n) is 22.5. The van der Waals surface area contributed by atoms with E-state index in [0.29, 0.717) is 130 Å². The highest BCUT2D eigenvalue weighted by Crippen LogP contribution is 2.68. The van der Waals surface area contributed by atoms with Gasteiger partial charge in [0.25, 0.3) is 17.7 Å². The van der Waals surface area contributed by atoms with Crippen molar-refractivity contribution in [3.8, 4) is 16.9 Å². The highest BCUT2D eigenvalue weighted by Gasteiger charge is 2.63. The van der Waals surface area contributed by atoms with Crippen molar-refractivity contribution in [1.82, 2.24) is 39.8 Å². The van der Waals surface area contributed by atoms with Gasteiger partial charge in [0.1, 0.15) is 36.5 Å². The molecule has 592 valence electrons. The molecule has 0 spiro atoms. The van der Waals surface area contributed by atoms with Crippen LogP contribution in [0, 0.1) is 23.7 Å². The number of unbranched alkanes of at least 4 members (excludes halogenated alkanes) is 2. The molecule has 4 saturated carbocycles. The first-order valence-corrected chi connectivity index (χ1v) is 40.3. The minimum absolute atomic E-state index is 0.00374. The van der Waals surface area contributed by atoms with Crippen LogP contribution in [0.25, 0.3) is 27.4 Å². The molecule has 10 N–H and O–H groups in total. The van der Waals surface area contributed by atoms with Crippen molar-refractivity contribution in [1.29, 1.82) is 0 Å². The molecule has 6 amide bonds. The molecule has 33 heteroatoms. The molecule has 4 aliphatic heterocycles. The van der Waals surface area contributed by atoms with Crippen molar-refractivity contribution >= 4 is 99.4 Å². The number of carboxylic acid groups (broad SMARTS) is 2. The second-order valence-corrected chi connectivity index (χ2v) is 33.6. The average molecular weight is 1570 g/mol. The number of imide groups is 1. The first-order chi connectivity index (χ1) is 53.1. The average Bonchev–Trinajstić information content (AvgIpc) is 1.20. The van der Waals surface area contributed by atoms with E-state index in [1.807, 2.05) is 65.0 Å². The molecule has 4 bridgehead atoms. The molecular weight excluding hydrogens is 1470 g/mol. The number of aliphatic hydroxyl groups excluding tert-OH is 3.